The molecule has 2 aromatic carbocycles. The maximum atomic E-state index is 6.16. The fraction of sp³-hybridized carbons (Fsp3) is 0.333. The topological polar surface area (TPSA) is 35.2 Å². The van der Waals surface area contributed by atoms with Gasteiger partial charge in [-0.05, 0) is 36.1 Å². The van der Waals surface area contributed by atoms with Crippen LogP contribution >= 0.6 is 11.6 Å². The van der Waals surface area contributed by atoms with Gasteiger partial charge in [0.15, 0.2) is 0 Å². The van der Waals surface area contributed by atoms with Crippen LogP contribution in [0.3, 0.4) is 0 Å². The molecule has 3 heteroatoms. The zero-order valence-corrected chi connectivity index (χ0v) is 13.8. The van der Waals surface area contributed by atoms with Gasteiger partial charge in [0.2, 0.25) is 0 Å². The molecule has 0 unspecified atom stereocenters. The molecule has 21 heavy (non-hydrogen) atoms. The molecule has 0 saturated heterocycles. The van der Waals surface area contributed by atoms with E-state index in [1.54, 1.807) is 0 Å². The summed E-state index contributed by atoms with van der Waals surface area (Å²) in [6.45, 7) is 9.00. The van der Waals surface area contributed by atoms with Gasteiger partial charge in [-0.1, -0.05) is 50.6 Å². The first kappa shape index (κ1) is 15.9. The summed E-state index contributed by atoms with van der Waals surface area (Å²) in [5.41, 5.74) is 9.06. The molecular formula is C18H22ClNO. The highest BCUT2D eigenvalue weighted by Crippen LogP contribution is 2.36. The van der Waals surface area contributed by atoms with Gasteiger partial charge in [-0.25, -0.2) is 0 Å². The fourth-order valence-corrected chi connectivity index (χ4v) is 2.41. The van der Waals surface area contributed by atoms with Crippen LogP contribution in [-0.2, 0) is 12.0 Å². The van der Waals surface area contributed by atoms with Gasteiger partial charge < -0.3 is 10.5 Å². The monoisotopic (exact) mass is 303 g/mol. The molecule has 2 N–H and O–H groups in total. The number of halogens is 1. The lowest BCUT2D eigenvalue weighted by molar-refractivity contribution is 0.450. The van der Waals surface area contributed by atoms with Crippen molar-refractivity contribution in [2.75, 3.05) is 0 Å². The van der Waals surface area contributed by atoms with Crippen molar-refractivity contribution >= 4 is 11.6 Å². The Morgan fingerprint density at radius 2 is 1.76 bits per heavy atom. The number of hydrogen-bond donors (Lipinski definition) is 1. The second kappa shape index (κ2) is 6.08. The number of nitrogens with two attached hydrogens (primary N) is 1. The van der Waals surface area contributed by atoms with E-state index in [1.807, 2.05) is 18.2 Å². The maximum absolute atomic E-state index is 6.16. The van der Waals surface area contributed by atoms with Crippen molar-refractivity contribution in [3.8, 4) is 11.5 Å². The summed E-state index contributed by atoms with van der Waals surface area (Å²) in [5, 5.41) is 0.646. The van der Waals surface area contributed by atoms with E-state index in [4.69, 9.17) is 22.1 Å². The van der Waals surface area contributed by atoms with Crippen LogP contribution in [0.4, 0.5) is 0 Å². The van der Waals surface area contributed by atoms with Crippen molar-refractivity contribution in [3.63, 3.8) is 0 Å². The van der Waals surface area contributed by atoms with Crippen molar-refractivity contribution < 1.29 is 4.74 Å². The van der Waals surface area contributed by atoms with E-state index in [0.717, 1.165) is 28.2 Å². The molecule has 2 rings (SSSR count). The summed E-state index contributed by atoms with van der Waals surface area (Å²) in [6, 6.07) is 11.8. The fourth-order valence-electron chi connectivity index (χ4n) is 2.24. The highest BCUT2D eigenvalue weighted by Gasteiger charge is 2.20. The van der Waals surface area contributed by atoms with Crippen molar-refractivity contribution in [2.24, 2.45) is 5.73 Å². The highest BCUT2D eigenvalue weighted by atomic mass is 35.5. The normalized spacial score (nSPS) is 11.5. The van der Waals surface area contributed by atoms with Gasteiger partial charge in [0.25, 0.3) is 0 Å². The summed E-state index contributed by atoms with van der Waals surface area (Å²) in [4.78, 5) is 0. The lowest BCUT2D eigenvalue weighted by Crippen LogP contribution is -2.13. The standard InChI is InChI=1S/C18H22ClNO/c1-12-5-8-15(18(2,3)4)17(9-12)21-16-10-14(19)7-6-13(16)11-20/h5-10H,11,20H2,1-4H3. The first-order valence-electron chi connectivity index (χ1n) is 7.09. The molecule has 0 saturated carbocycles. The van der Waals surface area contributed by atoms with Crippen molar-refractivity contribution in [1.29, 1.82) is 0 Å². The van der Waals surface area contributed by atoms with Gasteiger partial charge in [-0.2, -0.15) is 0 Å². The number of benzene rings is 2. The van der Waals surface area contributed by atoms with Gasteiger partial charge in [0.05, 0.1) is 0 Å². The highest BCUT2D eigenvalue weighted by molar-refractivity contribution is 6.30. The molecule has 2 aromatic rings. The van der Waals surface area contributed by atoms with E-state index in [9.17, 15) is 0 Å². The number of rotatable bonds is 3. The molecule has 0 fully saturated rings. The van der Waals surface area contributed by atoms with E-state index in [-0.39, 0.29) is 5.41 Å². The van der Waals surface area contributed by atoms with Crippen molar-refractivity contribution in [1.82, 2.24) is 0 Å². The Balaban J connectivity index is 2.49. The Morgan fingerprint density at radius 1 is 1.05 bits per heavy atom. The molecule has 0 aliphatic carbocycles. The van der Waals surface area contributed by atoms with Crippen LogP contribution in [0.25, 0.3) is 0 Å². The molecule has 112 valence electrons. The summed E-state index contributed by atoms with van der Waals surface area (Å²) in [5.74, 6) is 1.58. The van der Waals surface area contributed by atoms with E-state index in [0.29, 0.717) is 11.6 Å². The lowest BCUT2D eigenvalue weighted by atomic mass is 9.86. The molecule has 0 radical (unpaired) electrons. The summed E-state index contributed by atoms with van der Waals surface area (Å²) < 4.78 is 6.16. The van der Waals surface area contributed by atoms with Crippen LogP contribution in [0.15, 0.2) is 36.4 Å². The second-order valence-electron chi connectivity index (χ2n) is 6.31. The number of hydrogen-bond acceptors (Lipinski definition) is 2. The van der Waals surface area contributed by atoms with E-state index >= 15 is 0 Å². The first-order valence-corrected chi connectivity index (χ1v) is 7.46. The molecule has 2 nitrogen and oxygen atoms in total. The Bertz CT molecular complexity index is 644. The second-order valence-corrected chi connectivity index (χ2v) is 6.74. The average Bonchev–Trinajstić information content (AvgIpc) is 2.37. The molecule has 0 spiro atoms. The Morgan fingerprint density at radius 3 is 2.38 bits per heavy atom. The quantitative estimate of drug-likeness (QED) is 0.846. The molecule has 0 aromatic heterocycles. The molecular weight excluding hydrogens is 282 g/mol. The average molecular weight is 304 g/mol. The van der Waals surface area contributed by atoms with Gasteiger partial charge in [0, 0.05) is 22.7 Å². The van der Waals surface area contributed by atoms with Crippen LogP contribution < -0.4 is 10.5 Å². The van der Waals surface area contributed by atoms with Crippen LogP contribution in [0, 0.1) is 6.92 Å². The molecule has 0 bridgehead atoms. The molecule has 0 heterocycles. The molecule has 0 aliphatic rings. The zero-order valence-electron chi connectivity index (χ0n) is 13.0. The first-order chi connectivity index (χ1) is 9.81. The third kappa shape index (κ3) is 3.78. The lowest BCUT2D eigenvalue weighted by Gasteiger charge is -2.23. The Labute approximate surface area is 131 Å². The summed E-state index contributed by atoms with van der Waals surface area (Å²) >= 11 is 6.08. The van der Waals surface area contributed by atoms with Crippen LogP contribution in [0.2, 0.25) is 5.02 Å². The zero-order chi connectivity index (χ0) is 15.6. The van der Waals surface area contributed by atoms with E-state index in [1.165, 1.54) is 0 Å². The van der Waals surface area contributed by atoms with Gasteiger partial charge in [-0.3, -0.25) is 0 Å². The Kier molecular flexibility index (Phi) is 4.60. The number of ether oxygens (including phenoxy) is 1. The SMILES string of the molecule is Cc1ccc(C(C)(C)C)c(Oc2cc(Cl)ccc2CN)c1. The summed E-state index contributed by atoms with van der Waals surface area (Å²) in [7, 11) is 0. The van der Waals surface area contributed by atoms with E-state index < -0.39 is 0 Å². The third-order valence-electron chi connectivity index (χ3n) is 3.41. The van der Waals surface area contributed by atoms with Crippen molar-refractivity contribution in [2.45, 2.75) is 39.7 Å². The Hall–Kier alpha value is -1.51. The summed E-state index contributed by atoms with van der Waals surface area (Å²) in [6.07, 6.45) is 0. The van der Waals surface area contributed by atoms with Gasteiger partial charge in [-0.15, -0.1) is 0 Å². The minimum absolute atomic E-state index is 0.00445. The van der Waals surface area contributed by atoms with Crippen LogP contribution in [-0.4, -0.2) is 0 Å². The predicted octanol–water partition coefficient (Wildman–Crippen LogP) is 5.20. The molecule has 0 atom stereocenters. The van der Waals surface area contributed by atoms with Gasteiger partial charge >= 0.3 is 0 Å². The van der Waals surface area contributed by atoms with Crippen molar-refractivity contribution in [3.05, 3.63) is 58.1 Å². The van der Waals surface area contributed by atoms with Crippen LogP contribution in [0.5, 0.6) is 11.5 Å². The largest absolute Gasteiger partial charge is 0.457 e. The van der Waals surface area contributed by atoms with E-state index in [2.05, 4.69) is 45.9 Å². The van der Waals surface area contributed by atoms with Gasteiger partial charge in [0.1, 0.15) is 11.5 Å². The number of aryl methyl sites for hydroxylation is 1. The third-order valence-corrected chi connectivity index (χ3v) is 3.65. The predicted molar refractivity (Wildman–Crippen MR) is 89.3 cm³/mol. The minimum Gasteiger partial charge on any atom is -0.457 e. The van der Waals surface area contributed by atoms with Crippen LogP contribution in [0.1, 0.15) is 37.5 Å². The molecule has 0 aliphatic heterocycles. The minimum atomic E-state index is 0.00445. The molecule has 0 amide bonds. The maximum Gasteiger partial charge on any atom is 0.133 e. The smallest absolute Gasteiger partial charge is 0.133 e.